The van der Waals surface area contributed by atoms with Crippen LogP contribution in [0.25, 0.3) is 27.0 Å². The molecule has 0 atom stereocenters. The number of nitrogens with zero attached hydrogens (tertiary/aromatic N) is 4. The molecule has 0 aliphatic heterocycles. The first-order valence-electron chi connectivity index (χ1n) is 9.45. The van der Waals surface area contributed by atoms with Crippen LogP contribution in [-0.4, -0.2) is 31.2 Å². The highest BCUT2D eigenvalue weighted by atomic mass is 35.5. The summed E-state index contributed by atoms with van der Waals surface area (Å²) < 4.78 is 1.83. The van der Waals surface area contributed by atoms with Crippen LogP contribution in [0.2, 0.25) is 5.02 Å². The molecule has 5 aromatic rings. The largest absolute Gasteiger partial charge is 0.325 e. The van der Waals surface area contributed by atoms with Gasteiger partial charge >= 0.3 is 0 Å². The van der Waals surface area contributed by atoms with Gasteiger partial charge in [-0.05, 0) is 36.2 Å². The summed E-state index contributed by atoms with van der Waals surface area (Å²) in [6.07, 6.45) is 1.71. The number of carbonyl (C=O) groups excluding carboxylic acids is 1. The van der Waals surface area contributed by atoms with E-state index in [1.807, 2.05) is 59.9 Å². The average Bonchev–Trinajstić information content (AvgIpc) is 3.38. The Hall–Kier alpha value is -2.94. The Kier molecular flexibility index (Phi) is 5.35. The summed E-state index contributed by atoms with van der Waals surface area (Å²) in [4.78, 5) is 17.9. The van der Waals surface area contributed by atoms with Gasteiger partial charge < -0.3 is 5.32 Å². The number of benzene rings is 2. The highest BCUT2D eigenvalue weighted by Crippen LogP contribution is 2.36. The number of fused-ring (bicyclic) bond motifs is 3. The van der Waals surface area contributed by atoms with Crippen LogP contribution in [0.3, 0.4) is 0 Å². The van der Waals surface area contributed by atoms with Crippen molar-refractivity contribution in [3.8, 4) is 11.1 Å². The number of anilines is 1. The third-order valence-corrected chi connectivity index (χ3v) is 6.94. The molecule has 31 heavy (non-hydrogen) atoms. The van der Waals surface area contributed by atoms with Gasteiger partial charge in [0.1, 0.15) is 11.2 Å². The van der Waals surface area contributed by atoms with E-state index in [-0.39, 0.29) is 11.7 Å². The van der Waals surface area contributed by atoms with Crippen molar-refractivity contribution in [3.05, 3.63) is 70.8 Å². The third-order valence-electron chi connectivity index (χ3n) is 4.86. The van der Waals surface area contributed by atoms with Gasteiger partial charge in [0, 0.05) is 21.7 Å². The molecule has 0 bridgehead atoms. The first kappa shape index (κ1) is 20.0. The second-order valence-corrected chi connectivity index (χ2v) is 9.15. The highest BCUT2D eigenvalue weighted by molar-refractivity contribution is 7.99. The number of nitrogens with one attached hydrogen (secondary N) is 1. The molecule has 5 rings (SSSR count). The lowest BCUT2D eigenvalue weighted by Gasteiger charge is -2.07. The van der Waals surface area contributed by atoms with Gasteiger partial charge in [0.15, 0.2) is 10.8 Å². The van der Waals surface area contributed by atoms with E-state index < -0.39 is 0 Å². The van der Waals surface area contributed by atoms with E-state index in [1.54, 1.807) is 17.7 Å². The Morgan fingerprint density at radius 1 is 1.16 bits per heavy atom. The van der Waals surface area contributed by atoms with Crippen LogP contribution in [0.5, 0.6) is 0 Å². The maximum Gasteiger partial charge on any atom is 0.234 e. The normalized spacial score (nSPS) is 11.3. The average molecular weight is 466 g/mol. The molecule has 9 heteroatoms. The van der Waals surface area contributed by atoms with Crippen LogP contribution in [0, 0.1) is 6.92 Å². The number of hydrogen-bond donors (Lipinski definition) is 1. The Morgan fingerprint density at radius 3 is 2.77 bits per heavy atom. The summed E-state index contributed by atoms with van der Waals surface area (Å²) in [5, 5.41) is 16.0. The molecule has 0 saturated carbocycles. The lowest BCUT2D eigenvalue weighted by Crippen LogP contribution is -2.15. The van der Waals surface area contributed by atoms with E-state index in [1.165, 1.54) is 11.8 Å². The molecule has 3 heterocycles. The summed E-state index contributed by atoms with van der Waals surface area (Å²) >= 11 is 8.93. The molecule has 0 aliphatic carbocycles. The summed E-state index contributed by atoms with van der Waals surface area (Å²) in [5.41, 5.74) is 4.63. The van der Waals surface area contributed by atoms with E-state index >= 15 is 0 Å². The quantitative estimate of drug-likeness (QED) is 0.337. The van der Waals surface area contributed by atoms with E-state index in [2.05, 4.69) is 25.9 Å². The molecule has 0 fully saturated rings. The number of thiophene rings is 1. The Labute approximate surface area is 191 Å². The number of amides is 1. The summed E-state index contributed by atoms with van der Waals surface area (Å²) in [6.45, 7) is 1.96. The summed E-state index contributed by atoms with van der Waals surface area (Å²) in [7, 11) is 0. The van der Waals surface area contributed by atoms with E-state index in [0.717, 1.165) is 38.2 Å². The minimum Gasteiger partial charge on any atom is -0.325 e. The van der Waals surface area contributed by atoms with Gasteiger partial charge in [-0.25, -0.2) is 4.98 Å². The summed E-state index contributed by atoms with van der Waals surface area (Å²) in [5.74, 6) is 0.128. The predicted molar refractivity (Wildman–Crippen MR) is 127 cm³/mol. The number of hydrogen-bond acceptors (Lipinski definition) is 6. The summed E-state index contributed by atoms with van der Waals surface area (Å²) in [6, 6.07) is 15.4. The molecule has 0 spiro atoms. The molecule has 3 aromatic heterocycles. The Morgan fingerprint density at radius 2 is 1.97 bits per heavy atom. The van der Waals surface area contributed by atoms with Gasteiger partial charge in [0.2, 0.25) is 5.91 Å². The maximum absolute atomic E-state index is 12.4. The lowest BCUT2D eigenvalue weighted by molar-refractivity contribution is -0.113. The van der Waals surface area contributed by atoms with Crippen molar-refractivity contribution in [3.63, 3.8) is 0 Å². The zero-order chi connectivity index (χ0) is 21.4. The molecule has 6 nitrogen and oxygen atoms in total. The van der Waals surface area contributed by atoms with E-state index in [9.17, 15) is 4.79 Å². The molecular weight excluding hydrogens is 450 g/mol. The molecule has 1 N–H and O–H groups in total. The number of aromatic nitrogens is 4. The van der Waals surface area contributed by atoms with E-state index in [4.69, 9.17) is 11.6 Å². The first-order valence-corrected chi connectivity index (χ1v) is 11.7. The second-order valence-electron chi connectivity index (χ2n) is 6.91. The first-order chi connectivity index (χ1) is 15.1. The zero-order valence-corrected chi connectivity index (χ0v) is 18.8. The van der Waals surface area contributed by atoms with Crippen LogP contribution in [-0.2, 0) is 4.79 Å². The van der Waals surface area contributed by atoms with Gasteiger partial charge in [-0.3, -0.25) is 9.20 Å². The number of halogens is 1. The minimum atomic E-state index is -0.0949. The number of aryl methyl sites for hydroxylation is 1. The van der Waals surface area contributed by atoms with Crippen molar-refractivity contribution in [2.45, 2.75) is 12.1 Å². The Balaban J connectivity index is 1.42. The SMILES string of the molecule is Cc1ccccc1NC(=O)CSc1nnc2c3c(-c4ccc(Cl)cc4)csc3ncn12. The van der Waals surface area contributed by atoms with Gasteiger partial charge in [-0.15, -0.1) is 21.5 Å². The van der Waals surface area contributed by atoms with Gasteiger partial charge in [0.05, 0.1) is 11.1 Å². The van der Waals surface area contributed by atoms with Crippen LogP contribution in [0.4, 0.5) is 5.69 Å². The molecular formula is C22H16ClN5OS2. The molecule has 0 radical (unpaired) electrons. The molecule has 0 saturated heterocycles. The smallest absolute Gasteiger partial charge is 0.234 e. The fraction of sp³-hybridized carbons (Fsp3) is 0.0909. The zero-order valence-electron chi connectivity index (χ0n) is 16.4. The van der Waals surface area contributed by atoms with Crippen molar-refractivity contribution in [2.75, 3.05) is 11.1 Å². The fourth-order valence-electron chi connectivity index (χ4n) is 3.29. The third kappa shape index (κ3) is 3.89. The second kappa shape index (κ2) is 8.30. The van der Waals surface area contributed by atoms with Crippen molar-refractivity contribution >= 4 is 62.2 Å². The number of thioether (sulfide) groups is 1. The van der Waals surface area contributed by atoms with Gasteiger partial charge in [-0.2, -0.15) is 0 Å². The van der Waals surface area contributed by atoms with Gasteiger partial charge in [-0.1, -0.05) is 53.7 Å². The van der Waals surface area contributed by atoms with Crippen molar-refractivity contribution in [2.24, 2.45) is 0 Å². The maximum atomic E-state index is 12.4. The topological polar surface area (TPSA) is 72.2 Å². The molecule has 0 unspecified atom stereocenters. The molecule has 1 amide bonds. The number of para-hydroxylation sites is 1. The van der Waals surface area contributed by atoms with Crippen LogP contribution in [0.15, 0.2) is 65.4 Å². The van der Waals surface area contributed by atoms with Crippen LogP contribution in [0.1, 0.15) is 5.56 Å². The van der Waals surface area contributed by atoms with E-state index in [0.29, 0.717) is 10.2 Å². The fourth-order valence-corrected chi connectivity index (χ4v) is 5.03. The number of carbonyl (C=O) groups is 1. The standard InChI is InChI=1S/C22H16ClN5OS2/c1-13-4-2-3-5-17(13)25-18(29)11-31-22-27-26-20-19-16(14-6-8-15(23)9-7-14)10-30-21(19)24-12-28(20)22/h2-10,12H,11H2,1H3,(H,25,29). The molecule has 2 aromatic carbocycles. The van der Waals surface area contributed by atoms with Crippen molar-refractivity contribution in [1.29, 1.82) is 0 Å². The highest BCUT2D eigenvalue weighted by Gasteiger charge is 2.17. The molecule has 0 aliphatic rings. The van der Waals surface area contributed by atoms with Gasteiger partial charge in [0.25, 0.3) is 0 Å². The van der Waals surface area contributed by atoms with Crippen molar-refractivity contribution in [1.82, 2.24) is 19.6 Å². The lowest BCUT2D eigenvalue weighted by atomic mass is 10.1. The minimum absolute atomic E-state index is 0.0949. The molecule has 154 valence electrons. The Bertz CT molecular complexity index is 1410. The monoisotopic (exact) mass is 465 g/mol. The predicted octanol–water partition coefficient (Wildman–Crippen LogP) is 5.70. The number of rotatable bonds is 5. The van der Waals surface area contributed by atoms with Crippen molar-refractivity contribution < 1.29 is 4.79 Å². The van der Waals surface area contributed by atoms with Crippen LogP contribution >= 0.6 is 34.7 Å². The van der Waals surface area contributed by atoms with Crippen LogP contribution < -0.4 is 5.32 Å².